The predicted molar refractivity (Wildman–Crippen MR) is 116 cm³/mol. The fraction of sp³-hybridized carbons (Fsp3) is 0.208. The number of carbonyl (C=O) groups is 1. The largest absolute Gasteiger partial charge is 0.348 e. The third-order valence-corrected chi connectivity index (χ3v) is 7.89. The van der Waals surface area contributed by atoms with E-state index in [0.29, 0.717) is 12.1 Å². The number of hydrogen-bond acceptors (Lipinski definition) is 3. The van der Waals surface area contributed by atoms with E-state index in [2.05, 4.69) is 5.32 Å². The molecule has 158 valence electrons. The number of rotatable bonds is 5. The minimum Gasteiger partial charge on any atom is -0.348 e. The second kappa shape index (κ2) is 7.20. The summed E-state index contributed by atoms with van der Waals surface area (Å²) in [5, 5.41) is 2.76. The molecule has 1 aliphatic heterocycles. The van der Waals surface area contributed by atoms with E-state index >= 15 is 0 Å². The van der Waals surface area contributed by atoms with Gasteiger partial charge in [-0.15, -0.1) is 0 Å². The minimum absolute atomic E-state index is 0.0379. The SMILES string of the molecule is O=C(NCc1ccc(F)cc1)c1ccc(S(=O)(=O)N2CC3(CC3)c3ccccc32)cc1. The molecule has 0 unspecified atom stereocenters. The number of nitrogens with one attached hydrogen (secondary N) is 1. The van der Waals surface area contributed by atoms with Crippen molar-refractivity contribution >= 4 is 21.6 Å². The molecule has 1 saturated carbocycles. The average Bonchev–Trinajstić information content (AvgIpc) is 3.49. The van der Waals surface area contributed by atoms with Crippen molar-refractivity contribution in [3.05, 3.63) is 95.3 Å². The fourth-order valence-electron chi connectivity index (χ4n) is 4.17. The van der Waals surface area contributed by atoms with E-state index in [1.54, 1.807) is 12.1 Å². The number of amides is 1. The standard InChI is InChI=1S/C24H21FN2O3S/c25-19-9-5-17(6-10-19)15-26-23(28)18-7-11-20(12-8-18)31(29,30)27-16-24(13-14-24)21-3-1-2-4-22(21)27/h1-12H,13-16H2,(H,26,28). The Bertz CT molecular complexity index is 1250. The Morgan fingerprint density at radius 1 is 0.968 bits per heavy atom. The first kappa shape index (κ1) is 19.8. The highest BCUT2D eigenvalue weighted by Crippen LogP contribution is 2.57. The quantitative estimate of drug-likeness (QED) is 0.658. The minimum atomic E-state index is -3.72. The van der Waals surface area contributed by atoms with Crippen molar-refractivity contribution in [1.82, 2.24) is 5.32 Å². The van der Waals surface area contributed by atoms with Crippen LogP contribution in [0.2, 0.25) is 0 Å². The highest BCUT2D eigenvalue weighted by atomic mass is 32.2. The van der Waals surface area contributed by atoms with Gasteiger partial charge >= 0.3 is 0 Å². The van der Waals surface area contributed by atoms with Crippen molar-refractivity contribution in [2.45, 2.75) is 29.7 Å². The molecular weight excluding hydrogens is 415 g/mol. The molecule has 3 aromatic rings. The predicted octanol–water partition coefficient (Wildman–Crippen LogP) is 4.00. The van der Waals surface area contributed by atoms with Gasteiger partial charge in [-0.25, -0.2) is 12.8 Å². The number of benzene rings is 3. The second-order valence-corrected chi connectivity index (χ2v) is 10.0. The Morgan fingerprint density at radius 3 is 2.32 bits per heavy atom. The Kier molecular flexibility index (Phi) is 4.59. The van der Waals surface area contributed by atoms with Crippen molar-refractivity contribution in [3.8, 4) is 0 Å². The van der Waals surface area contributed by atoms with E-state index in [9.17, 15) is 17.6 Å². The summed E-state index contributed by atoms with van der Waals surface area (Å²) in [4.78, 5) is 12.6. The maximum atomic E-state index is 13.3. The maximum Gasteiger partial charge on any atom is 0.264 e. The van der Waals surface area contributed by atoms with Crippen LogP contribution in [0.15, 0.2) is 77.7 Å². The lowest BCUT2D eigenvalue weighted by Crippen LogP contribution is -2.31. The zero-order chi connectivity index (χ0) is 21.6. The Balaban J connectivity index is 1.33. The van der Waals surface area contributed by atoms with Gasteiger partial charge in [-0.2, -0.15) is 0 Å². The van der Waals surface area contributed by atoms with E-state index < -0.39 is 10.0 Å². The van der Waals surface area contributed by atoms with E-state index in [-0.39, 0.29) is 28.6 Å². The summed E-state index contributed by atoms with van der Waals surface area (Å²) in [6.07, 6.45) is 2.01. The van der Waals surface area contributed by atoms with Crippen LogP contribution in [0.1, 0.15) is 34.3 Å². The van der Waals surface area contributed by atoms with Gasteiger partial charge in [-0.05, 0) is 66.4 Å². The average molecular weight is 437 g/mol. The van der Waals surface area contributed by atoms with Gasteiger partial charge in [0.2, 0.25) is 0 Å². The summed E-state index contributed by atoms with van der Waals surface area (Å²) in [5.41, 5.74) is 2.96. The lowest BCUT2D eigenvalue weighted by atomic mass is 9.99. The van der Waals surface area contributed by atoms with Crippen LogP contribution in [0.3, 0.4) is 0 Å². The Hall–Kier alpha value is -3.19. The zero-order valence-electron chi connectivity index (χ0n) is 16.7. The monoisotopic (exact) mass is 436 g/mol. The molecule has 1 N–H and O–H groups in total. The zero-order valence-corrected chi connectivity index (χ0v) is 17.5. The van der Waals surface area contributed by atoms with E-state index in [0.717, 1.165) is 29.7 Å². The molecule has 0 radical (unpaired) electrons. The summed E-state index contributed by atoms with van der Waals surface area (Å²) >= 11 is 0. The van der Waals surface area contributed by atoms with Gasteiger partial charge in [0.1, 0.15) is 5.82 Å². The molecule has 2 aliphatic rings. The van der Waals surface area contributed by atoms with Gasteiger partial charge in [0.25, 0.3) is 15.9 Å². The molecule has 0 saturated heterocycles. The topological polar surface area (TPSA) is 66.5 Å². The fourth-order valence-corrected chi connectivity index (χ4v) is 5.74. The van der Waals surface area contributed by atoms with Crippen LogP contribution in [0.4, 0.5) is 10.1 Å². The van der Waals surface area contributed by atoms with Crippen LogP contribution in [0, 0.1) is 5.82 Å². The number of para-hydroxylation sites is 1. The number of fused-ring (bicyclic) bond motifs is 2. The van der Waals surface area contributed by atoms with Crippen molar-refractivity contribution in [2.24, 2.45) is 0 Å². The third kappa shape index (κ3) is 3.49. The number of nitrogens with zero attached hydrogens (tertiary/aromatic N) is 1. The Morgan fingerprint density at radius 2 is 1.65 bits per heavy atom. The lowest BCUT2D eigenvalue weighted by Gasteiger charge is -2.20. The normalized spacial score (nSPS) is 16.2. The summed E-state index contributed by atoms with van der Waals surface area (Å²) in [6.45, 7) is 0.723. The van der Waals surface area contributed by atoms with Gasteiger partial charge < -0.3 is 5.32 Å². The van der Waals surface area contributed by atoms with Gasteiger partial charge in [-0.3, -0.25) is 9.10 Å². The summed E-state index contributed by atoms with van der Waals surface area (Å²) in [5.74, 6) is -0.656. The van der Waals surface area contributed by atoms with Crippen LogP contribution < -0.4 is 9.62 Å². The van der Waals surface area contributed by atoms with Crippen LogP contribution in [0.25, 0.3) is 0 Å². The van der Waals surface area contributed by atoms with Crippen molar-refractivity contribution < 1.29 is 17.6 Å². The first-order chi connectivity index (χ1) is 14.9. The summed E-state index contributed by atoms with van der Waals surface area (Å²) in [7, 11) is -3.72. The van der Waals surface area contributed by atoms with Gasteiger partial charge in [-0.1, -0.05) is 30.3 Å². The van der Waals surface area contributed by atoms with Crippen LogP contribution in [-0.2, 0) is 22.0 Å². The molecule has 5 nitrogen and oxygen atoms in total. The number of halogens is 1. The van der Waals surface area contributed by atoms with E-state index in [1.165, 1.54) is 40.7 Å². The number of hydrogen-bond donors (Lipinski definition) is 1. The molecule has 1 spiro atoms. The first-order valence-electron chi connectivity index (χ1n) is 10.1. The van der Waals surface area contributed by atoms with Crippen molar-refractivity contribution in [3.63, 3.8) is 0 Å². The van der Waals surface area contributed by atoms with Crippen molar-refractivity contribution in [2.75, 3.05) is 10.8 Å². The van der Waals surface area contributed by atoms with E-state index in [1.807, 2.05) is 24.3 Å². The maximum absolute atomic E-state index is 13.3. The molecule has 1 aliphatic carbocycles. The molecule has 0 atom stereocenters. The molecule has 1 heterocycles. The van der Waals surface area contributed by atoms with Gasteiger partial charge in [0.05, 0.1) is 10.6 Å². The summed E-state index contributed by atoms with van der Waals surface area (Å²) in [6, 6.07) is 19.6. The molecule has 3 aromatic carbocycles. The molecule has 0 aromatic heterocycles. The molecule has 31 heavy (non-hydrogen) atoms. The van der Waals surface area contributed by atoms with Crippen LogP contribution >= 0.6 is 0 Å². The summed E-state index contributed by atoms with van der Waals surface area (Å²) < 4.78 is 41.1. The van der Waals surface area contributed by atoms with Gasteiger partial charge in [0.15, 0.2) is 0 Å². The van der Waals surface area contributed by atoms with Crippen LogP contribution in [0.5, 0.6) is 0 Å². The van der Waals surface area contributed by atoms with E-state index in [4.69, 9.17) is 0 Å². The van der Waals surface area contributed by atoms with Crippen molar-refractivity contribution in [1.29, 1.82) is 0 Å². The van der Waals surface area contributed by atoms with Gasteiger partial charge in [0, 0.05) is 24.1 Å². The smallest absolute Gasteiger partial charge is 0.264 e. The number of carbonyl (C=O) groups excluding carboxylic acids is 1. The third-order valence-electron chi connectivity index (χ3n) is 6.11. The lowest BCUT2D eigenvalue weighted by molar-refractivity contribution is 0.0951. The highest BCUT2D eigenvalue weighted by Gasteiger charge is 2.54. The number of anilines is 1. The second-order valence-electron chi connectivity index (χ2n) is 8.14. The molecule has 7 heteroatoms. The molecule has 1 fully saturated rings. The first-order valence-corrected chi connectivity index (χ1v) is 11.6. The highest BCUT2D eigenvalue weighted by molar-refractivity contribution is 7.92. The molecular formula is C24H21FN2O3S. The molecule has 1 amide bonds. The number of sulfonamides is 1. The van der Waals surface area contributed by atoms with Crippen LogP contribution in [-0.4, -0.2) is 20.9 Å². The molecule has 0 bridgehead atoms. The Labute approximate surface area is 180 Å². The molecule has 5 rings (SSSR count).